The minimum atomic E-state index is -0.418. The molecule has 5 rings (SSSR count). The summed E-state index contributed by atoms with van der Waals surface area (Å²) < 4.78 is 7.82. The number of hydrogen-bond donors (Lipinski definition) is 1. The van der Waals surface area contributed by atoms with Gasteiger partial charge in [-0.15, -0.1) is 0 Å². The van der Waals surface area contributed by atoms with E-state index in [9.17, 15) is 4.79 Å². The molecule has 0 spiro atoms. The first-order valence-corrected chi connectivity index (χ1v) is 11.6. The van der Waals surface area contributed by atoms with Crippen LogP contribution >= 0.6 is 0 Å². The number of imidazole rings is 1. The van der Waals surface area contributed by atoms with Crippen LogP contribution < -0.4 is 10.1 Å². The third kappa shape index (κ3) is 5.00. The molecule has 1 amide bonds. The molecule has 1 N–H and O–H groups in total. The second-order valence-electron chi connectivity index (χ2n) is 8.37. The quantitative estimate of drug-likeness (QED) is 0.320. The van der Waals surface area contributed by atoms with Crippen LogP contribution in [0.3, 0.4) is 0 Å². The molecule has 0 radical (unpaired) electrons. The zero-order valence-electron chi connectivity index (χ0n) is 20.0. The highest BCUT2D eigenvalue weighted by Crippen LogP contribution is 2.28. The van der Waals surface area contributed by atoms with E-state index in [-0.39, 0.29) is 5.91 Å². The molecule has 2 aromatic heterocycles. The number of amides is 1. The first-order valence-electron chi connectivity index (χ1n) is 11.6. The van der Waals surface area contributed by atoms with Crippen LogP contribution in [0.1, 0.15) is 28.4 Å². The standard InChI is InChI=1S/C29H25N5O2/c1-20-21(2)34(19-32-20)26-17-27(31-18-30-26)36-25-15-13-24(14-16-25)33-29(35)28(22-9-5-3-6-10-22)23-11-7-4-8-12-23/h3-19,28H,1-2H3,(H,33,35). The molecule has 0 aliphatic heterocycles. The number of nitrogens with one attached hydrogen (secondary N) is 1. The zero-order chi connectivity index (χ0) is 24.9. The van der Waals surface area contributed by atoms with Gasteiger partial charge in [-0.1, -0.05) is 60.7 Å². The summed E-state index contributed by atoms with van der Waals surface area (Å²) in [7, 11) is 0. The first kappa shape index (κ1) is 23.0. The molecule has 0 saturated carbocycles. The lowest BCUT2D eigenvalue weighted by molar-refractivity contribution is -0.116. The predicted octanol–water partition coefficient (Wildman–Crippen LogP) is 5.84. The number of carbonyl (C=O) groups is 1. The highest BCUT2D eigenvalue weighted by molar-refractivity contribution is 5.98. The molecule has 0 saturated heterocycles. The molecule has 0 aliphatic rings. The SMILES string of the molecule is Cc1ncn(-c2cc(Oc3ccc(NC(=O)C(c4ccccc4)c4ccccc4)cc3)ncn2)c1C. The molecule has 7 heteroatoms. The van der Waals surface area contributed by atoms with E-state index in [0.29, 0.717) is 23.1 Å². The largest absolute Gasteiger partial charge is 0.439 e. The van der Waals surface area contributed by atoms with Crippen LogP contribution in [-0.2, 0) is 4.79 Å². The fraction of sp³-hybridized carbons (Fsp3) is 0.103. The first-order chi connectivity index (χ1) is 17.6. The Kier molecular flexibility index (Phi) is 6.53. The van der Waals surface area contributed by atoms with Crippen LogP contribution in [0.4, 0.5) is 5.69 Å². The van der Waals surface area contributed by atoms with Crippen LogP contribution in [0.15, 0.2) is 104 Å². The van der Waals surface area contributed by atoms with Gasteiger partial charge < -0.3 is 10.1 Å². The number of aryl methyl sites for hydroxylation is 1. The number of aromatic nitrogens is 4. The molecule has 0 aliphatic carbocycles. The van der Waals surface area contributed by atoms with Gasteiger partial charge in [0.25, 0.3) is 0 Å². The average molecular weight is 476 g/mol. The number of nitrogens with zero attached hydrogens (tertiary/aromatic N) is 4. The van der Waals surface area contributed by atoms with E-state index < -0.39 is 5.92 Å². The van der Waals surface area contributed by atoms with Gasteiger partial charge in [-0.05, 0) is 49.2 Å². The molecule has 36 heavy (non-hydrogen) atoms. The number of benzene rings is 3. The van der Waals surface area contributed by atoms with Gasteiger partial charge in [-0.3, -0.25) is 9.36 Å². The Labute approximate surface area is 209 Å². The van der Waals surface area contributed by atoms with Crippen molar-refractivity contribution in [2.24, 2.45) is 0 Å². The minimum Gasteiger partial charge on any atom is -0.439 e. The average Bonchev–Trinajstić information content (AvgIpc) is 3.25. The van der Waals surface area contributed by atoms with Crippen molar-refractivity contribution in [3.05, 3.63) is 126 Å². The third-order valence-corrected chi connectivity index (χ3v) is 6.00. The molecular weight excluding hydrogens is 450 g/mol. The molecule has 2 heterocycles. The maximum Gasteiger partial charge on any atom is 0.236 e. The number of carbonyl (C=O) groups excluding carboxylic acids is 1. The molecule has 0 fully saturated rings. The highest BCUT2D eigenvalue weighted by Gasteiger charge is 2.22. The van der Waals surface area contributed by atoms with E-state index in [1.807, 2.05) is 91.2 Å². The molecule has 0 bridgehead atoms. The molecule has 5 aromatic rings. The predicted molar refractivity (Wildman–Crippen MR) is 139 cm³/mol. The number of hydrogen-bond acceptors (Lipinski definition) is 5. The van der Waals surface area contributed by atoms with Crippen LogP contribution in [0.5, 0.6) is 11.6 Å². The van der Waals surface area contributed by atoms with Gasteiger partial charge in [-0.25, -0.2) is 15.0 Å². The van der Waals surface area contributed by atoms with Crippen molar-refractivity contribution in [2.75, 3.05) is 5.32 Å². The van der Waals surface area contributed by atoms with Gasteiger partial charge in [-0.2, -0.15) is 0 Å². The minimum absolute atomic E-state index is 0.104. The summed E-state index contributed by atoms with van der Waals surface area (Å²) in [6, 6.07) is 28.5. The summed E-state index contributed by atoms with van der Waals surface area (Å²) >= 11 is 0. The van der Waals surface area contributed by atoms with Crippen LogP contribution in [0.2, 0.25) is 0 Å². The second kappa shape index (κ2) is 10.2. The van der Waals surface area contributed by atoms with Gasteiger partial charge in [0.05, 0.1) is 11.6 Å². The van der Waals surface area contributed by atoms with Gasteiger partial charge in [0.2, 0.25) is 11.8 Å². The Hall–Kier alpha value is -4.78. The van der Waals surface area contributed by atoms with Crippen molar-refractivity contribution in [3.63, 3.8) is 0 Å². The Morgan fingerprint density at radius 1 is 0.833 bits per heavy atom. The van der Waals surface area contributed by atoms with Crippen molar-refractivity contribution >= 4 is 11.6 Å². The van der Waals surface area contributed by atoms with Crippen molar-refractivity contribution in [2.45, 2.75) is 19.8 Å². The summed E-state index contributed by atoms with van der Waals surface area (Å²) in [5.41, 5.74) is 4.49. The van der Waals surface area contributed by atoms with Crippen LogP contribution in [0.25, 0.3) is 5.82 Å². The van der Waals surface area contributed by atoms with E-state index in [0.717, 1.165) is 22.5 Å². The van der Waals surface area contributed by atoms with E-state index in [2.05, 4.69) is 20.3 Å². The van der Waals surface area contributed by atoms with E-state index in [1.165, 1.54) is 6.33 Å². The Bertz CT molecular complexity index is 1430. The zero-order valence-corrected chi connectivity index (χ0v) is 20.0. The van der Waals surface area contributed by atoms with E-state index in [4.69, 9.17) is 4.74 Å². The molecule has 178 valence electrons. The monoisotopic (exact) mass is 475 g/mol. The van der Waals surface area contributed by atoms with Crippen molar-refractivity contribution in [3.8, 4) is 17.4 Å². The maximum absolute atomic E-state index is 13.3. The number of ether oxygens (including phenoxy) is 1. The fourth-order valence-corrected chi connectivity index (χ4v) is 3.97. The smallest absolute Gasteiger partial charge is 0.236 e. The Morgan fingerprint density at radius 3 is 2.06 bits per heavy atom. The lowest BCUT2D eigenvalue weighted by atomic mass is 9.90. The van der Waals surface area contributed by atoms with Gasteiger partial charge in [0, 0.05) is 17.4 Å². The van der Waals surface area contributed by atoms with Crippen molar-refractivity contribution < 1.29 is 9.53 Å². The summed E-state index contributed by atoms with van der Waals surface area (Å²) in [5.74, 6) is 1.16. The lowest BCUT2D eigenvalue weighted by Crippen LogP contribution is -2.22. The summed E-state index contributed by atoms with van der Waals surface area (Å²) in [5, 5.41) is 3.04. The highest BCUT2D eigenvalue weighted by atomic mass is 16.5. The number of anilines is 1. The lowest BCUT2D eigenvalue weighted by Gasteiger charge is -2.18. The fourth-order valence-electron chi connectivity index (χ4n) is 3.97. The van der Waals surface area contributed by atoms with Gasteiger partial charge in [0.1, 0.15) is 24.2 Å². The topological polar surface area (TPSA) is 81.9 Å². The summed E-state index contributed by atoms with van der Waals surface area (Å²) in [6.45, 7) is 3.94. The Morgan fingerprint density at radius 2 is 1.47 bits per heavy atom. The molecule has 3 aromatic carbocycles. The van der Waals surface area contributed by atoms with E-state index >= 15 is 0 Å². The number of rotatable bonds is 7. The maximum atomic E-state index is 13.3. The van der Waals surface area contributed by atoms with Crippen LogP contribution in [0, 0.1) is 13.8 Å². The second-order valence-corrected chi connectivity index (χ2v) is 8.37. The third-order valence-electron chi connectivity index (χ3n) is 6.00. The molecular formula is C29H25N5O2. The Balaban J connectivity index is 1.31. The van der Waals surface area contributed by atoms with Gasteiger partial charge in [0.15, 0.2) is 0 Å². The molecule has 0 atom stereocenters. The van der Waals surface area contributed by atoms with E-state index in [1.54, 1.807) is 24.5 Å². The van der Waals surface area contributed by atoms with Gasteiger partial charge >= 0.3 is 0 Å². The normalized spacial score (nSPS) is 10.9. The summed E-state index contributed by atoms with van der Waals surface area (Å²) in [4.78, 5) is 26.2. The van der Waals surface area contributed by atoms with Crippen molar-refractivity contribution in [1.29, 1.82) is 0 Å². The van der Waals surface area contributed by atoms with Crippen molar-refractivity contribution in [1.82, 2.24) is 19.5 Å². The van der Waals surface area contributed by atoms with Crippen LogP contribution in [-0.4, -0.2) is 25.4 Å². The summed E-state index contributed by atoms with van der Waals surface area (Å²) in [6.07, 6.45) is 3.19. The molecule has 0 unspecified atom stereocenters. The molecule has 7 nitrogen and oxygen atoms in total.